The first kappa shape index (κ1) is 15.0. The molecule has 20 heavy (non-hydrogen) atoms. The van der Waals surface area contributed by atoms with Crippen molar-refractivity contribution in [3.8, 4) is 0 Å². The molecule has 4 nitrogen and oxygen atoms in total. The van der Waals surface area contributed by atoms with Gasteiger partial charge in [-0.05, 0) is 24.8 Å². The molecular formula is C16H24N2O2. The Hall–Kier alpha value is -1.39. The molecule has 0 spiro atoms. The van der Waals surface area contributed by atoms with E-state index in [0.29, 0.717) is 13.0 Å². The van der Waals surface area contributed by atoms with Crippen LogP contribution in [0.15, 0.2) is 30.3 Å². The molecule has 2 N–H and O–H groups in total. The summed E-state index contributed by atoms with van der Waals surface area (Å²) < 4.78 is 5.39. The quantitative estimate of drug-likeness (QED) is 0.888. The van der Waals surface area contributed by atoms with Crippen LogP contribution in [0.5, 0.6) is 0 Å². The van der Waals surface area contributed by atoms with Gasteiger partial charge in [0.25, 0.3) is 0 Å². The molecule has 2 atom stereocenters. The molecule has 2 unspecified atom stereocenters. The number of amides is 1. The van der Waals surface area contributed by atoms with Crippen molar-refractivity contribution in [2.75, 3.05) is 20.2 Å². The number of nitrogens with zero attached hydrogens (tertiary/aromatic N) is 1. The molecule has 0 saturated carbocycles. The minimum absolute atomic E-state index is 0.122. The molecule has 1 fully saturated rings. The third-order valence-electron chi connectivity index (χ3n) is 4.06. The first-order valence-electron chi connectivity index (χ1n) is 7.31. The first-order valence-corrected chi connectivity index (χ1v) is 7.31. The van der Waals surface area contributed by atoms with Crippen LogP contribution in [-0.4, -0.2) is 43.2 Å². The number of piperidine rings is 1. The smallest absolute Gasteiger partial charge is 0.223 e. The van der Waals surface area contributed by atoms with Crippen LogP contribution < -0.4 is 5.73 Å². The van der Waals surface area contributed by atoms with Gasteiger partial charge >= 0.3 is 0 Å². The maximum atomic E-state index is 12.4. The third kappa shape index (κ3) is 3.81. The van der Waals surface area contributed by atoms with E-state index >= 15 is 0 Å². The van der Waals surface area contributed by atoms with Crippen LogP contribution in [0.3, 0.4) is 0 Å². The van der Waals surface area contributed by atoms with E-state index in [9.17, 15) is 4.79 Å². The number of nitrogens with two attached hydrogens (primary N) is 1. The lowest BCUT2D eigenvalue weighted by atomic mass is 9.98. The van der Waals surface area contributed by atoms with Crippen molar-refractivity contribution in [1.29, 1.82) is 0 Å². The number of hydrogen-bond donors (Lipinski definition) is 1. The summed E-state index contributed by atoms with van der Waals surface area (Å²) in [5.74, 6) is 0.207. The van der Waals surface area contributed by atoms with Crippen LogP contribution in [0.2, 0.25) is 0 Å². The third-order valence-corrected chi connectivity index (χ3v) is 4.06. The molecule has 1 aromatic rings. The van der Waals surface area contributed by atoms with Crippen molar-refractivity contribution < 1.29 is 9.53 Å². The lowest BCUT2D eigenvalue weighted by Gasteiger charge is -2.38. The Bertz CT molecular complexity index is 422. The first-order chi connectivity index (χ1) is 9.74. The molecule has 2 rings (SSSR count). The summed E-state index contributed by atoms with van der Waals surface area (Å²) in [5.41, 5.74) is 7.01. The topological polar surface area (TPSA) is 55.6 Å². The summed E-state index contributed by atoms with van der Waals surface area (Å²) in [4.78, 5) is 14.3. The van der Waals surface area contributed by atoms with Crippen molar-refractivity contribution in [1.82, 2.24) is 4.90 Å². The second-order valence-electron chi connectivity index (χ2n) is 5.34. The van der Waals surface area contributed by atoms with Gasteiger partial charge in [0.1, 0.15) is 0 Å². The van der Waals surface area contributed by atoms with Gasteiger partial charge in [-0.15, -0.1) is 0 Å². The SMILES string of the molecule is COC1CCN(C(=O)CCc2ccccc2)C(CN)C1. The minimum atomic E-state index is 0.122. The van der Waals surface area contributed by atoms with Gasteiger partial charge in [-0.3, -0.25) is 4.79 Å². The molecule has 0 aliphatic carbocycles. The highest BCUT2D eigenvalue weighted by Crippen LogP contribution is 2.20. The fourth-order valence-electron chi connectivity index (χ4n) is 2.82. The second kappa shape index (κ2) is 7.41. The predicted molar refractivity (Wildman–Crippen MR) is 79.3 cm³/mol. The van der Waals surface area contributed by atoms with Crippen molar-refractivity contribution in [3.63, 3.8) is 0 Å². The molecular weight excluding hydrogens is 252 g/mol. The fourth-order valence-corrected chi connectivity index (χ4v) is 2.82. The highest BCUT2D eigenvalue weighted by Gasteiger charge is 2.30. The van der Waals surface area contributed by atoms with Crippen LogP contribution in [0.1, 0.15) is 24.8 Å². The number of carbonyl (C=O) groups excluding carboxylic acids is 1. The minimum Gasteiger partial charge on any atom is -0.381 e. The lowest BCUT2D eigenvalue weighted by Crippen LogP contribution is -2.51. The zero-order valence-corrected chi connectivity index (χ0v) is 12.1. The van der Waals surface area contributed by atoms with E-state index in [1.165, 1.54) is 5.56 Å². The lowest BCUT2D eigenvalue weighted by molar-refractivity contribution is -0.136. The molecule has 1 amide bonds. The summed E-state index contributed by atoms with van der Waals surface area (Å²) >= 11 is 0. The molecule has 1 aliphatic heterocycles. The number of benzene rings is 1. The summed E-state index contributed by atoms with van der Waals surface area (Å²) in [6.07, 6.45) is 3.34. The van der Waals surface area contributed by atoms with Crippen LogP contribution in [0.4, 0.5) is 0 Å². The Labute approximate surface area is 120 Å². The number of methoxy groups -OCH3 is 1. The Morgan fingerprint density at radius 2 is 2.15 bits per heavy atom. The Kier molecular flexibility index (Phi) is 5.56. The number of carbonyl (C=O) groups is 1. The summed E-state index contributed by atoms with van der Waals surface area (Å²) in [7, 11) is 1.73. The molecule has 1 heterocycles. The number of likely N-dealkylation sites (tertiary alicyclic amines) is 1. The second-order valence-corrected chi connectivity index (χ2v) is 5.34. The van der Waals surface area contributed by atoms with Crippen LogP contribution >= 0.6 is 0 Å². The Morgan fingerprint density at radius 3 is 2.80 bits per heavy atom. The molecule has 1 aromatic carbocycles. The van der Waals surface area contributed by atoms with Gasteiger partial charge in [0.05, 0.1) is 6.10 Å². The molecule has 1 saturated heterocycles. The zero-order chi connectivity index (χ0) is 14.4. The molecule has 0 radical (unpaired) electrons. The van der Waals surface area contributed by atoms with Crippen LogP contribution in [0.25, 0.3) is 0 Å². The normalized spacial score (nSPS) is 22.8. The highest BCUT2D eigenvalue weighted by atomic mass is 16.5. The zero-order valence-electron chi connectivity index (χ0n) is 12.1. The van der Waals surface area contributed by atoms with Gasteiger partial charge in [0.2, 0.25) is 5.91 Å². The monoisotopic (exact) mass is 276 g/mol. The van der Waals surface area contributed by atoms with E-state index in [4.69, 9.17) is 10.5 Å². The Balaban J connectivity index is 1.88. The number of hydrogen-bond acceptors (Lipinski definition) is 3. The number of ether oxygens (including phenoxy) is 1. The van der Waals surface area contributed by atoms with Gasteiger partial charge in [-0.2, -0.15) is 0 Å². The van der Waals surface area contributed by atoms with Gasteiger partial charge in [0, 0.05) is 32.7 Å². The molecule has 4 heteroatoms. The average molecular weight is 276 g/mol. The van der Waals surface area contributed by atoms with Crippen molar-refractivity contribution in [2.45, 2.75) is 37.8 Å². The number of aryl methyl sites for hydroxylation is 1. The van der Waals surface area contributed by atoms with E-state index in [2.05, 4.69) is 12.1 Å². The van der Waals surface area contributed by atoms with E-state index in [1.54, 1.807) is 7.11 Å². The largest absolute Gasteiger partial charge is 0.381 e. The maximum Gasteiger partial charge on any atom is 0.223 e. The van der Waals surface area contributed by atoms with Crippen molar-refractivity contribution in [3.05, 3.63) is 35.9 Å². The van der Waals surface area contributed by atoms with Gasteiger partial charge in [-0.25, -0.2) is 0 Å². The standard InChI is InChI=1S/C16H24N2O2/c1-20-15-9-10-18(14(11-15)12-17)16(19)8-7-13-5-3-2-4-6-13/h2-6,14-15H,7-12,17H2,1H3. The summed E-state index contributed by atoms with van der Waals surface area (Å²) in [6.45, 7) is 1.27. The molecule has 0 aromatic heterocycles. The number of rotatable bonds is 5. The van der Waals surface area contributed by atoms with Crippen LogP contribution in [0, 0.1) is 0 Å². The van der Waals surface area contributed by atoms with Gasteiger partial charge in [-0.1, -0.05) is 30.3 Å². The highest BCUT2D eigenvalue weighted by molar-refractivity contribution is 5.77. The molecule has 1 aliphatic rings. The van der Waals surface area contributed by atoms with Gasteiger partial charge in [0.15, 0.2) is 0 Å². The van der Waals surface area contributed by atoms with Crippen LogP contribution in [-0.2, 0) is 16.0 Å². The van der Waals surface area contributed by atoms with E-state index in [1.807, 2.05) is 23.1 Å². The van der Waals surface area contributed by atoms with Crippen molar-refractivity contribution in [2.24, 2.45) is 5.73 Å². The van der Waals surface area contributed by atoms with Crippen molar-refractivity contribution >= 4 is 5.91 Å². The van der Waals surface area contributed by atoms with E-state index in [-0.39, 0.29) is 18.1 Å². The summed E-state index contributed by atoms with van der Waals surface area (Å²) in [5, 5.41) is 0. The predicted octanol–water partition coefficient (Wildman–Crippen LogP) is 1.58. The maximum absolute atomic E-state index is 12.4. The van der Waals surface area contributed by atoms with Gasteiger partial charge < -0.3 is 15.4 Å². The molecule has 0 bridgehead atoms. The average Bonchev–Trinajstić information content (AvgIpc) is 2.52. The summed E-state index contributed by atoms with van der Waals surface area (Å²) in [6, 6.07) is 10.2. The van der Waals surface area contributed by atoms with E-state index < -0.39 is 0 Å². The Morgan fingerprint density at radius 1 is 1.40 bits per heavy atom. The van der Waals surface area contributed by atoms with E-state index in [0.717, 1.165) is 25.8 Å². The molecule has 110 valence electrons. The fraction of sp³-hybridized carbons (Fsp3) is 0.562.